The van der Waals surface area contributed by atoms with Crippen LogP contribution >= 0.6 is 0 Å². The Morgan fingerprint density at radius 3 is 2.12 bits per heavy atom. The minimum Gasteiger partial charge on any atom is -0.452 e. The van der Waals surface area contributed by atoms with Crippen molar-refractivity contribution in [2.24, 2.45) is 0 Å². The molecule has 170 valence electrons. The number of esters is 1. The van der Waals surface area contributed by atoms with Crippen LogP contribution in [0, 0.1) is 0 Å². The van der Waals surface area contributed by atoms with Gasteiger partial charge in [-0.15, -0.1) is 0 Å². The molecule has 1 aliphatic carbocycles. The van der Waals surface area contributed by atoms with E-state index in [0.717, 1.165) is 43.2 Å². The summed E-state index contributed by atoms with van der Waals surface area (Å²) in [6, 6.07) is 16.6. The van der Waals surface area contributed by atoms with Gasteiger partial charge in [-0.1, -0.05) is 61.7 Å². The lowest BCUT2D eigenvalue weighted by molar-refractivity contribution is -0.140. The van der Waals surface area contributed by atoms with Crippen molar-refractivity contribution < 1.29 is 22.7 Å². The smallest absolute Gasteiger partial charge is 0.338 e. The first kappa shape index (κ1) is 22.5. The van der Waals surface area contributed by atoms with Crippen LogP contribution in [0.15, 0.2) is 54.6 Å². The predicted octanol–water partition coefficient (Wildman–Crippen LogP) is 3.86. The number of carbonyl (C=O) groups excluding carboxylic acids is 2. The van der Waals surface area contributed by atoms with E-state index in [2.05, 4.69) is 0 Å². The van der Waals surface area contributed by atoms with Gasteiger partial charge in [0.1, 0.15) is 0 Å². The van der Waals surface area contributed by atoms with Gasteiger partial charge in [-0.2, -0.15) is 0 Å². The Hall–Kier alpha value is -2.67. The first-order valence-electron chi connectivity index (χ1n) is 11.3. The lowest BCUT2D eigenvalue weighted by atomic mass is 9.93. The molecule has 2 fully saturated rings. The van der Waals surface area contributed by atoms with Crippen LogP contribution in [-0.2, 0) is 19.4 Å². The molecular weight excluding hydrogens is 426 g/mol. The van der Waals surface area contributed by atoms with E-state index in [4.69, 9.17) is 4.74 Å². The molecule has 2 aromatic rings. The van der Waals surface area contributed by atoms with Crippen molar-refractivity contribution in [3.8, 4) is 11.1 Å². The normalized spacial score (nSPS) is 20.6. The molecule has 1 heterocycles. The van der Waals surface area contributed by atoms with Gasteiger partial charge in [0.25, 0.3) is 5.91 Å². The fraction of sp³-hybridized carbons (Fsp3) is 0.440. The number of nitrogens with zero attached hydrogens (tertiary/aromatic N) is 1. The Morgan fingerprint density at radius 1 is 0.844 bits per heavy atom. The third-order valence-corrected chi connectivity index (χ3v) is 8.16. The van der Waals surface area contributed by atoms with Crippen LogP contribution in [0.5, 0.6) is 0 Å². The number of hydrogen-bond acceptors (Lipinski definition) is 5. The van der Waals surface area contributed by atoms with Gasteiger partial charge in [-0.05, 0) is 42.5 Å². The molecule has 1 atom stereocenters. The van der Waals surface area contributed by atoms with Gasteiger partial charge in [0, 0.05) is 12.1 Å². The van der Waals surface area contributed by atoms with Gasteiger partial charge in [-0.3, -0.25) is 4.79 Å². The molecule has 1 amide bonds. The van der Waals surface area contributed by atoms with Crippen molar-refractivity contribution in [2.45, 2.75) is 50.6 Å². The molecule has 1 saturated carbocycles. The quantitative estimate of drug-likeness (QED) is 0.618. The number of amides is 1. The second-order valence-corrected chi connectivity index (χ2v) is 10.9. The maximum Gasteiger partial charge on any atom is 0.338 e. The first-order chi connectivity index (χ1) is 15.4. The van der Waals surface area contributed by atoms with Gasteiger partial charge in [0.15, 0.2) is 16.4 Å². The Balaban J connectivity index is 1.40. The Morgan fingerprint density at radius 2 is 1.50 bits per heavy atom. The number of rotatable bonds is 6. The summed E-state index contributed by atoms with van der Waals surface area (Å²) in [7, 11) is -3.12. The van der Waals surface area contributed by atoms with Crippen LogP contribution in [0.2, 0.25) is 0 Å². The molecule has 0 spiro atoms. The molecule has 0 radical (unpaired) electrons. The highest BCUT2D eigenvalue weighted by atomic mass is 32.2. The lowest BCUT2D eigenvalue weighted by Crippen LogP contribution is -2.50. The number of benzene rings is 2. The Labute approximate surface area is 189 Å². The molecule has 1 unspecified atom stereocenters. The summed E-state index contributed by atoms with van der Waals surface area (Å²) in [6.45, 7) is -0.369. The van der Waals surface area contributed by atoms with Crippen LogP contribution in [-0.4, -0.2) is 55.4 Å². The van der Waals surface area contributed by atoms with Crippen molar-refractivity contribution in [1.82, 2.24) is 4.90 Å². The second kappa shape index (κ2) is 9.86. The summed E-state index contributed by atoms with van der Waals surface area (Å²) in [4.78, 5) is 27.3. The highest BCUT2D eigenvalue weighted by molar-refractivity contribution is 7.91. The fourth-order valence-corrected chi connectivity index (χ4v) is 6.49. The largest absolute Gasteiger partial charge is 0.452 e. The molecule has 4 rings (SSSR count). The topological polar surface area (TPSA) is 80.8 Å². The Kier molecular flexibility index (Phi) is 6.94. The number of carbonyl (C=O) groups is 2. The zero-order valence-electron chi connectivity index (χ0n) is 18.1. The summed E-state index contributed by atoms with van der Waals surface area (Å²) in [5, 5.41) is 0. The van der Waals surface area contributed by atoms with Crippen LogP contribution < -0.4 is 0 Å². The van der Waals surface area contributed by atoms with Crippen molar-refractivity contribution in [2.75, 3.05) is 18.1 Å². The highest BCUT2D eigenvalue weighted by Crippen LogP contribution is 2.28. The Bertz CT molecular complexity index is 1040. The molecule has 1 aliphatic heterocycles. The standard InChI is InChI=1S/C25H29NO5S/c27-24(26(22-9-5-2-6-10-22)23-15-16-32(29,30)18-23)17-31-25(28)21-13-11-20(12-14-21)19-7-3-1-4-8-19/h1,3-4,7-8,11-14,22-23H,2,5-6,9-10,15-18H2. The van der Waals surface area contributed by atoms with Crippen LogP contribution in [0.4, 0.5) is 0 Å². The van der Waals surface area contributed by atoms with E-state index in [-0.39, 0.29) is 36.1 Å². The zero-order valence-corrected chi connectivity index (χ0v) is 18.9. The highest BCUT2D eigenvalue weighted by Gasteiger charge is 2.38. The zero-order chi connectivity index (χ0) is 22.6. The first-order valence-corrected chi connectivity index (χ1v) is 13.1. The third kappa shape index (κ3) is 5.38. The summed E-state index contributed by atoms with van der Waals surface area (Å²) in [6.07, 6.45) is 5.40. The maximum absolute atomic E-state index is 13.1. The number of ether oxygens (including phenoxy) is 1. The fourth-order valence-electron chi connectivity index (χ4n) is 4.77. The summed E-state index contributed by atoms with van der Waals surface area (Å²) in [5.41, 5.74) is 2.42. The molecule has 0 bridgehead atoms. The number of hydrogen-bond donors (Lipinski definition) is 0. The van der Waals surface area contributed by atoms with Crippen molar-refractivity contribution in [1.29, 1.82) is 0 Å². The predicted molar refractivity (Wildman–Crippen MR) is 123 cm³/mol. The summed E-state index contributed by atoms with van der Waals surface area (Å²) in [5.74, 6) is -0.736. The number of sulfone groups is 1. The molecular formula is C25H29NO5S. The van der Waals surface area contributed by atoms with Gasteiger partial charge < -0.3 is 9.64 Å². The van der Waals surface area contributed by atoms with E-state index in [9.17, 15) is 18.0 Å². The molecule has 2 aliphatic rings. The van der Waals surface area contributed by atoms with Crippen molar-refractivity contribution >= 4 is 21.7 Å². The maximum atomic E-state index is 13.1. The minimum absolute atomic E-state index is 0.00410. The van der Waals surface area contributed by atoms with Crippen molar-refractivity contribution in [3.63, 3.8) is 0 Å². The monoisotopic (exact) mass is 455 g/mol. The van der Waals surface area contributed by atoms with Crippen LogP contribution in [0.1, 0.15) is 48.9 Å². The molecule has 0 N–H and O–H groups in total. The van der Waals surface area contributed by atoms with E-state index >= 15 is 0 Å². The van der Waals surface area contributed by atoms with Gasteiger partial charge in [0.2, 0.25) is 0 Å². The lowest BCUT2D eigenvalue weighted by Gasteiger charge is -2.38. The summed E-state index contributed by atoms with van der Waals surface area (Å²) < 4.78 is 29.4. The molecule has 7 heteroatoms. The van der Waals surface area contributed by atoms with E-state index < -0.39 is 15.8 Å². The van der Waals surface area contributed by atoms with E-state index in [0.29, 0.717) is 12.0 Å². The van der Waals surface area contributed by atoms with Gasteiger partial charge in [0.05, 0.1) is 17.1 Å². The van der Waals surface area contributed by atoms with Gasteiger partial charge in [-0.25, -0.2) is 13.2 Å². The minimum atomic E-state index is -3.12. The molecule has 32 heavy (non-hydrogen) atoms. The van der Waals surface area contributed by atoms with E-state index in [1.807, 2.05) is 42.5 Å². The second-order valence-electron chi connectivity index (χ2n) is 8.67. The molecule has 6 nitrogen and oxygen atoms in total. The third-order valence-electron chi connectivity index (χ3n) is 6.41. The van der Waals surface area contributed by atoms with E-state index in [1.165, 1.54) is 0 Å². The summed E-state index contributed by atoms with van der Waals surface area (Å²) >= 11 is 0. The molecule has 0 aromatic heterocycles. The van der Waals surface area contributed by atoms with Crippen LogP contribution in [0.25, 0.3) is 11.1 Å². The SMILES string of the molecule is O=C(OCC(=O)N(C1CCCCC1)C1CCS(=O)(=O)C1)c1ccc(-c2ccccc2)cc1. The van der Waals surface area contributed by atoms with Gasteiger partial charge >= 0.3 is 5.97 Å². The van der Waals surface area contributed by atoms with Crippen LogP contribution in [0.3, 0.4) is 0 Å². The average molecular weight is 456 g/mol. The molecule has 1 saturated heterocycles. The van der Waals surface area contributed by atoms with Crippen molar-refractivity contribution in [3.05, 3.63) is 60.2 Å². The average Bonchev–Trinajstić information content (AvgIpc) is 3.18. The van der Waals surface area contributed by atoms with E-state index in [1.54, 1.807) is 17.0 Å². The molecule has 2 aromatic carbocycles.